The summed E-state index contributed by atoms with van der Waals surface area (Å²) < 4.78 is 9.97. The molecule has 4 nitrogen and oxygen atoms in total. The number of ether oxygens (including phenoxy) is 2. The van der Waals surface area contributed by atoms with Crippen LogP contribution in [0, 0.1) is 6.92 Å². The van der Waals surface area contributed by atoms with Crippen molar-refractivity contribution in [3.63, 3.8) is 0 Å². The number of aliphatic hydroxyl groups is 1. The van der Waals surface area contributed by atoms with Crippen molar-refractivity contribution < 1.29 is 19.4 Å². The van der Waals surface area contributed by atoms with E-state index >= 15 is 0 Å². The van der Waals surface area contributed by atoms with E-state index in [1.165, 1.54) is 14.2 Å². The van der Waals surface area contributed by atoms with Crippen LogP contribution >= 0.6 is 0 Å². The van der Waals surface area contributed by atoms with Crippen LogP contribution in [-0.4, -0.2) is 25.1 Å². The molecule has 1 aliphatic carbocycles. The summed E-state index contributed by atoms with van der Waals surface area (Å²) in [6.45, 7) is 1.83. The molecule has 0 spiro atoms. The first-order chi connectivity index (χ1) is 8.07. The molecule has 0 amide bonds. The second kappa shape index (κ2) is 3.89. The largest absolute Gasteiger partial charge is 0.493 e. The lowest BCUT2D eigenvalue weighted by Crippen LogP contribution is -2.49. The third-order valence-electron chi connectivity index (χ3n) is 3.01. The van der Waals surface area contributed by atoms with Gasteiger partial charge in [0.05, 0.1) is 14.2 Å². The lowest BCUT2D eigenvalue weighted by molar-refractivity contribution is -0.146. The number of carbonyl (C=O) groups is 1. The minimum absolute atomic E-state index is 0.0817. The molecule has 0 aliphatic heterocycles. The molecule has 1 aliphatic rings. The van der Waals surface area contributed by atoms with Crippen LogP contribution in [0.1, 0.15) is 11.1 Å². The summed E-state index contributed by atoms with van der Waals surface area (Å²) in [6.07, 6.45) is 0. The number of Topliss-reactive ketones (excluding diaryl/α,β-unsaturated/α-hetero) is 1. The Morgan fingerprint density at radius 2 is 1.82 bits per heavy atom. The summed E-state index contributed by atoms with van der Waals surface area (Å²) in [6, 6.07) is 7.15. The predicted octanol–water partition coefficient (Wildman–Crippen LogP) is 1.27. The fourth-order valence-corrected chi connectivity index (χ4v) is 2.12. The van der Waals surface area contributed by atoms with E-state index in [-0.39, 0.29) is 11.5 Å². The third-order valence-corrected chi connectivity index (χ3v) is 3.01. The molecule has 1 aromatic carbocycles. The van der Waals surface area contributed by atoms with Gasteiger partial charge in [0.1, 0.15) is 0 Å². The van der Waals surface area contributed by atoms with E-state index in [1.807, 2.05) is 19.1 Å². The van der Waals surface area contributed by atoms with Crippen molar-refractivity contribution in [2.24, 2.45) is 0 Å². The first kappa shape index (κ1) is 11.7. The topological polar surface area (TPSA) is 55.8 Å². The lowest BCUT2D eigenvalue weighted by atomic mass is 9.75. The molecule has 1 unspecified atom stereocenters. The molecule has 17 heavy (non-hydrogen) atoms. The van der Waals surface area contributed by atoms with Gasteiger partial charge in [0, 0.05) is 5.56 Å². The molecular formula is C13H14O4. The number of carbonyl (C=O) groups excluding carboxylic acids is 1. The van der Waals surface area contributed by atoms with Crippen LogP contribution in [0.2, 0.25) is 0 Å². The summed E-state index contributed by atoms with van der Waals surface area (Å²) in [7, 11) is 2.79. The monoisotopic (exact) mass is 234 g/mol. The van der Waals surface area contributed by atoms with Gasteiger partial charge in [0.2, 0.25) is 17.1 Å². The predicted molar refractivity (Wildman–Crippen MR) is 61.1 cm³/mol. The highest BCUT2D eigenvalue weighted by atomic mass is 16.5. The van der Waals surface area contributed by atoms with Gasteiger partial charge in [-0.1, -0.05) is 24.3 Å². The summed E-state index contributed by atoms with van der Waals surface area (Å²) in [5.74, 6) is -0.219. The van der Waals surface area contributed by atoms with Crippen LogP contribution in [-0.2, 0) is 19.9 Å². The molecule has 0 saturated carbocycles. The van der Waals surface area contributed by atoms with Crippen molar-refractivity contribution in [2.45, 2.75) is 12.5 Å². The van der Waals surface area contributed by atoms with E-state index in [2.05, 4.69) is 0 Å². The highest BCUT2D eigenvalue weighted by Crippen LogP contribution is 2.44. The number of benzene rings is 1. The zero-order valence-corrected chi connectivity index (χ0v) is 9.98. The van der Waals surface area contributed by atoms with Crippen molar-refractivity contribution in [1.82, 2.24) is 0 Å². The molecule has 0 aromatic heterocycles. The zero-order valence-electron chi connectivity index (χ0n) is 9.98. The molecule has 0 radical (unpaired) electrons. The first-order valence-corrected chi connectivity index (χ1v) is 5.23. The summed E-state index contributed by atoms with van der Waals surface area (Å²) in [4.78, 5) is 11.9. The van der Waals surface area contributed by atoms with Gasteiger partial charge in [-0.25, -0.2) is 0 Å². The zero-order chi connectivity index (χ0) is 12.6. The molecule has 0 heterocycles. The van der Waals surface area contributed by atoms with E-state index in [0.29, 0.717) is 5.56 Å². The van der Waals surface area contributed by atoms with Crippen molar-refractivity contribution in [1.29, 1.82) is 0 Å². The van der Waals surface area contributed by atoms with Gasteiger partial charge in [-0.15, -0.1) is 0 Å². The molecule has 2 rings (SSSR count). The Kier molecular flexibility index (Phi) is 2.67. The van der Waals surface area contributed by atoms with Gasteiger partial charge in [-0.05, 0) is 12.5 Å². The summed E-state index contributed by atoms with van der Waals surface area (Å²) in [5.41, 5.74) is -0.346. The Morgan fingerprint density at radius 3 is 2.35 bits per heavy atom. The highest BCUT2D eigenvalue weighted by molar-refractivity contribution is 6.10. The van der Waals surface area contributed by atoms with Crippen LogP contribution < -0.4 is 0 Å². The summed E-state index contributed by atoms with van der Waals surface area (Å²) >= 11 is 0. The second-order valence-electron chi connectivity index (χ2n) is 3.92. The van der Waals surface area contributed by atoms with Crippen molar-refractivity contribution >= 4 is 5.78 Å². The minimum atomic E-state index is -1.70. The third kappa shape index (κ3) is 1.37. The van der Waals surface area contributed by atoms with E-state index in [4.69, 9.17) is 9.47 Å². The second-order valence-corrected chi connectivity index (χ2v) is 3.92. The van der Waals surface area contributed by atoms with E-state index in [0.717, 1.165) is 5.56 Å². The Balaban J connectivity index is 2.57. The average molecular weight is 234 g/mol. The number of aryl methyl sites for hydroxylation is 1. The number of rotatable bonds is 3. The van der Waals surface area contributed by atoms with Crippen LogP contribution in [0.25, 0.3) is 0 Å². The summed E-state index contributed by atoms with van der Waals surface area (Å²) in [5, 5.41) is 10.5. The van der Waals surface area contributed by atoms with Gasteiger partial charge in [0.15, 0.2) is 5.76 Å². The van der Waals surface area contributed by atoms with Crippen molar-refractivity contribution in [2.75, 3.05) is 14.2 Å². The normalized spacial score (nSPS) is 23.4. The Morgan fingerprint density at radius 1 is 1.18 bits per heavy atom. The highest BCUT2D eigenvalue weighted by Gasteiger charge is 2.57. The maximum absolute atomic E-state index is 11.9. The van der Waals surface area contributed by atoms with Gasteiger partial charge >= 0.3 is 0 Å². The minimum Gasteiger partial charge on any atom is -0.493 e. The van der Waals surface area contributed by atoms with Gasteiger partial charge in [-0.3, -0.25) is 4.79 Å². The standard InChI is InChI=1S/C13H14O4/c1-8-6-4-5-7-9(8)13(15)11(14)10(16-2)12(13)17-3/h4-7,15H,1-3H3. The molecule has 1 aromatic rings. The van der Waals surface area contributed by atoms with Crippen LogP contribution in [0.4, 0.5) is 0 Å². The molecular weight excluding hydrogens is 220 g/mol. The van der Waals surface area contributed by atoms with Crippen molar-refractivity contribution in [3.05, 3.63) is 46.9 Å². The molecule has 0 fully saturated rings. The first-order valence-electron chi connectivity index (χ1n) is 5.23. The number of hydrogen-bond acceptors (Lipinski definition) is 4. The Bertz CT molecular complexity index is 504. The van der Waals surface area contributed by atoms with E-state index in [9.17, 15) is 9.90 Å². The maximum Gasteiger partial charge on any atom is 0.245 e. The quantitative estimate of drug-likeness (QED) is 0.855. The molecule has 90 valence electrons. The van der Waals surface area contributed by atoms with Crippen LogP contribution in [0.15, 0.2) is 35.8 Å². The molecule has 0 bridgehead atoms. The van der Waals surface area contributed by atoms with Gasteiger partial charge < -0.3 is 14.6 Å². The number of ketones is 1. The smallest absolute Gasteiger partial charge is 0.245 e. The fourth-order valence-electron chi connectivity index (χ4n) is 2.12. The fraction of sp³-hybridized carbons (Fsp3) is 0.308. The average Bonchev–Trinajstić information content (AvgIpc) is 2.34. The Hall–Kier alpha value is -1.81. The van der Waals surface area contributed by atoms with Gasteiger partial charge in [0.25, 0.3) is 0 Å². The SMILES string of the molecule is COC1=C(OC)C(O)(c2ccccc2C)C1=O. The lowest BCUT2D eigenvalue weighted by Gasteiger charge is -2.37. The molecule has 0 saturated heterocycles. The molecule has 1 N–H and O–H groups in total. The van der Waals surface area contributed by atoms with Crippen LogP contribution in [0.3, 0.4) is 0 Å². The van der Waals surface area contributed by atoms with Gasteiger partial charge in [-0.2, -0.15) is 0 Å². The number of hydrogen-bond donors (Lipinski definition) is 1. The van der Waals surface area contributed by atoms with Crippen LogP contribution in [0.5, 0.6) is 0 Å². The van der Waals surface area contributed by atoms with Crippen molar-refractivity contribution in [3.8, 4) is 0 Å². The number of methoxy groups -OCH3 is 2. The Labute approximate surface area is 99.5 Å². The maximum atomic E-state index is 11.9. The van der Waals surface area contributed by atoms with E-state index < -0.39 is 11.4 Å². The molecule has 1 atom stereocenters. The van der Waals surface area contributed by atoms with E-state index in [1.54, 1.807) is 12.1 Å². The molecule has 4 heteroatoms.